The number of rotatable bonds is 2. The largest absolute Gasteiger partial charge is 0.508 e. The molecule has 1 nitrogen and oxygen atoms in total. The summed E-state index contributed by atoms with van der Waals surface area (Å²) in [7, 11) is 0. The predicted octanol–water partition coefficient (Wildman–Crippen LogP) is 4.00. The van der Waals surface area contributed by atoms with Crippen LogP contribution >= 0.6 is 0 Å². The van der Waals surface area contributed by atoms with Gasteiger partial charge in [-0.2, -0.15) is 0 Å². The first-order chi connectivity index (χ1) is 7.27. The molecule has 0 aliphatic heterocycles. The van der Waals surface area contributed by atoms with Crippen molar-refractivity contribution in [3.05, 3.63) is 29.8 Å². The number of phenolic OH excluding ortho intramolecular Hbond substituents is 1. The summed E-state index contributed by atoms with van der Waals surface area (Å²) in [5.74, 6) is 0.376. The quantitative estimate of drug-likeness (QED) is 0.772. The molecular weight excluding hydrogens is 184 g/mol. The molecule has 1 aliphatic carbocycles. The van der Waals surface area contributed by atoms with Gasteiger partial charge in [0.1, 0.15) is 5.75 Å². The zero-order valence-electron chi connectivity index (χ0n) is 9.50. The van der Waals surface area contributed by atoms with Crippen LogP contribution in [0, 0.1) is 0 Å². The first kappa shape index (κ1) is 10.5. The SMILES string of the molecule is CCC1(c2ccc(O)cc2)CCCCC1. The Balaban J connectivity index is 2.28. The molecule has 82 valence electrons. The summed E-state index contributed by atoms with van der Waals surface area (Å²) < 4.78 is 0. The average Bonchev–Trinajstić information content (AvgIpc) is 2.31. The second kappa shape index (κ2) is 4.26. The van der Waals surface area contributed by atoms with E-state index in [0.29, 0.717) is 11.2 Å². The maximum absolute atomic E-state index is 9.31. The Morgan fingerprint density at radius 2 is 1.67 bits per heavy atom. The van der Waals surface area contributed by atoms with Crippen LogP contribution in [0.2, 0.25) is 0 Å². The third kappa shape index (κ3) is 2.01. The van der Waals surface area contributed by atoms with Crippen molar-refractivity contribution in [2.24, 2.45) is 0 Å². The summed E-state index contributed by atoms with van der Waals surface area (Å²) in [6.45, 7) is 2.29. The van der Waals surface area contributed by atoms with Gasteiger partial charge in [0.15, 0.2) is 0 Å². The Bertz CT molecular complexity index is 307. The highest BCUT2D eigenvalue weighted by atomic mass is 16.3. The molecule has 0 heterocycles. The molecule has 1 aliphatic rings. The zero-order chi connectivity index (χ0) is 10.7. The Hall–Kier alpha value is -0.980. The van der Waals surface area contributed by atoms with Crippen LogP contribution in [0.25, 0.3) is 0 Å². The zero-order valence-corrected chi connectivity index (χ0v) is 9.50. The number of hydrogen-bond donors (Lipinski definition) is 1. The average molecular weight is 204 g/mol. The van der Waals surface area contributed by atoms with E-state index in [1.807, 2.05) is 12.1 Å². The van der Waals surface area contributed by atoms with E-state index in [1.165, 1.54) is 44.1 Å². The van der Waals surface area contributed by atoms with Crippen molar-refractivity contribution in [1.82, 2.24) is 0 Å². The van der Waals surface area contributed by atoms with Crippen LogP contribution in [0.4, 0.5) is 0 Å². The Kier molecular flexibility index (Phi) is 2.99. The van der Waals surface area contributed by atoms with Crippen LogP contribution in [0.5, 0.6) is 5.75 Å². The van der Waals surface area contributed by atoms with Gasteiger partial charge in [-0.1, -0.05) is 38.3 Å². The first-order valence-corrected chi connectivity index (χ1v) is 6.06. The van der Waals surface area contributed by atoms with Crippen molar-refractivity contribution in [3.8, 4) is 5.75 Å². The summed E-state index contributed by atoms with van der Waals surface area (Å²) in [6.07, 6.45) is 7.95. The first-order valence-electron chi connectivity index (χ1n) is 6.06. The number of benzene rings is 1. The molecule has 1 N–H and O–H groups in total. The lowest BCUT2D eigenvalue weighted by Crippen LogP contribution is -2.27. The fourth-order valence-electron chi connectivity index (χ4n) is 2.89. The third-order valence-electron chi connectivity index (χ3n) is 3.97. The molecule has 1 aromatic carbocycles. The van der Waals surface area contributed by atoms with Gasteiger partial charge in [-0.3, -0.25) is 0 Å². The second-order valence-electron chi connectivity index (χ2n) is 4.74. The Labute approximate surface area is 92.1 Å². The van der Waals surface area contributed by atoms with E-state index < -0.39 is 0 Å². The summed E-state index contributed by atoms with van der Waals surface area (Å²) in [5, 5.41) is 9.31. The number of hydrogen-bond acceptors (Lipinski definition) is 1. The molecule has 0 amide bonds. The molecule has 0 saturated heterocycles. The third-order valence-corrected chi connectivity index (χ3v) is 3.97. The lowest BCUT2D eigenvalue weighted by atomic mass is 9.68. The summed E-state index contributed by atoms with van der Waals surface area (Å²) in [6, 6.07) is 7.84. The molecule has 0 bridgehead atoms. The Morgan fingerprint density at radius 1 is 1.07 bits per heavy atom. The topological polar surface area (TPSA) is 20.2 Å². The van der Waals surface area contributed by atoms with Gasteiger partial charge >= 0.3 is 0 Å². The molecule has 0 unspecified atom stereocenters. The van der Waals surface area contributed by atoms with Gasteiger partial charge in [0, 0.05) is 0 Å². The molecule has 1 aromatic rings. The lowest BCUT2D eigenvalue weighted by molar-refractivity contribution is 0.283. The highest BCUT2D eigenvalue weighted by molar-refractivity contribution is 5.31. The van der Waals surface area contributed by atoms with Crippen LogP contribution in [0.1, 0.15) is 51.0 Å². The highest BCUT2D eigenvalue weighted by Crippen LogP contribution is 2.42. The van der Waals surface area contributed by atoms with Crippen molar-refractivity contribution in [2.45, 2.75) is 50.9 Å². The standard InChI is InChI=1S/C14H20O/c1-2-14(10-4-3-5-11-14)12-6-8-13(15)9-7-12/h6-9,15H,2-5,10-11H2,1H3. The van der Waals surface area contributed by atoms with E-state index in [2.05, 4.69) is 19.1 Å². The van der Waals surface area contributed by atoms with Gasteiger partial charge in [0.05, 0.1) is 0 Å². The molecule has 1 fully saturated rings. The fourth-order valence-corrected chi connectivity index (χ4v) is 2.89. The Morgan fingerprint density at radius 3 is 2.20 bits per heavy atom. The van der Waals surface area contributed by atoms with Gasteiger partial charge in [-0.25, -0.2) is 0 Å². The van der Waals surface area contributed by atoms with Crippen LogP contribution in [-0.4, -0.2) is 5.11 Å². The van der Waals surface area contributed by atoms with Gasteiger partial charge in [-0.15, -0.1) is 0 Å². The molecular formula is C14H20O. The lowest BCUT2D eigenvalue weighted by Gasteiger charge is -2.37. The fraction of sp³-hybridized carbons (Fsp3) is 0.571. The van der Waals surface area contributed by atoms with Crippen LogP contribution in [0.15, 0.2) is 24.3 Å². The van der Waals surface area contributed by atoms with E-state index in [0.717, 1.165) is 0 Å². The maximum atomic E-state index is 9.31. The minimum Gasteiger partial charge on any atom is -0.508 e. The van der Waals surface area contributed by atoms with Crippen LogP contribution in [-0.2, 0) is 5.41 Å². The second-order valence-corrected chi connectivity index (χ2v) is 4.74. The van der Waals surface area contributed by atoms with Gasteiger partial charge in [0.25, 0.3) is 0 Å². The van der Waals surface area contributed by atoms with E-state index >= 15 is 0 Å². The van der Waals surface area contributed by atoms with Crippen LogP contribution in [0.3, 0.4) is 0 Å². The van der Waals surface area contributed by atoms with Crippen molar-refractivity contribution in [1.29, 1.82) is 0 Å². The van der Waals surface area contributed by atoms with Crippen LogP contribution < -0.4 is 0 Å². The molecule has 0 aromatic heterocycles. The monoisotopic (exact) mass is 204 g/mol. The molecule has 2 rings (SSSR count). The van der Waals surface area contributed by atoms with Crippen molar-refractivity contribution >= 4 is 0 Å². The van der Waals surface area contributed by atoms with E-state index in [9.17, 15) is 5.11 Å². The summed E-state index contributed by atoms with van der Waals surface area (Å²) in [4.78, 5) is 0. The number of phenols is 1. The minimum atomic E-state index is 0.376. The molecule has 1 heteroatoms. The van der Waals surface area contributed by atoms with Crippen molar-refractivity contribution in [2.75, 3.05) is 0 Å². The maximum Gasteiger partial charge on any atom is 0.115 e. The van der Waals surface area contributed by atoms with E-state index in [-0.39, 0.29) is 0 Å². The van der Waals surface area contributed by atoms with Gasteiger partial charge < -0.3 is 5.11 Å². The number of aromatic hydroxyl groups is 1. The van der Waals surface area contributed by atoms with E-state index in [4.69, 9.17) is 0 Å². The summed E-state index contributed by atoms with van der Waals surface area (Å²) >= 11 is 0. The molecule has 1 saturated carbocycles. The van der Waals surface area contributed by atoms with Crippen molar-refractivity contribution < 1.29 is 5.11 Å². The normalized spacial score (nSPS) is 20.1. The molecule has 0 spiro atoms. The van der Waals surface area contributed by atoms with E-state index in [1.54, 1.807) is 0 Å². The molecule has 15 heavy (non-hydrogen) atoms. The van der Waals surface area contributed by atoms with Gasteiger partial charge in [0.2, 0.25) is 0 Å². The molecule has 0 atom stereocenters. The minimum absolute atomic E-state index is 0.376. The van der Waals surface area contributed by atoms with Gasteiger partial charge in [-0.05, 0) is 42.4 Å². The molecule has 0 radical (unpaired) electrons. The summed E-state index contributed by atoms with van der Waals surface area (Å²) in [5.41, 5.74) is 1.81. The van der Waals surface area contributed by atoms with Crippen molar-refractivity contribution in [3.63, 3.8) is 0 Å². The smallest absolute Gasteiger partial charge is 0.115 e. The highest BCUT2D eigenvalue weighted by Gasteiger charge is 2.31. The predicted molar refractivity (Wildman–Crippen MR) is 63.2 cm³/mol.